The first-order chi connectivity index (χ1) is 9.61. The molecule has 10 heteroatoms. The Labute approximate surface area is 111 Å². The van der Waals surface area contributed by atoms with Crippen molar-refractivity contribution in [3.05, 3.63) is 34.1 Å². The second-order valence-electron chi connectivity index (χ2n) is 3.88. The number of aromatic nitrogens is 6. The molecule has 3 heterocycles. The monoisotopic (exact) mass is 270 g/mol. The molecule has 0 aliphatic rings. The van der Waals surface area contributed by atoms with E-state index in [0.29, 0.717) is 5.65 Å². The largest absolute Gasteiger partial charge is 0.358 e. The maximum atomic E-state index is 10.8. The zero-order valence-electron chi connectivity index (χ0n) is 10.1. The second kappa shape index (κ2) is 4.09. The fourth-order valence-corrected chi connectivity index (χ4v) is 1.77. The van der Waals surface area contributed by atoms with Gasteiger partial charge in [0.15, 0.2) is 11.3 Å². The van der Waals surface area contributed by atoms with Gasteiger partial charge in [-0.25, -0.2) is 9.55 Å². The molecule has 3 aromatic heterocycles. The molecule has 3 aromatic rings. The van der Waals surface area contributed by atoms with Crippen LogP contribution in [0.1, 0.15) is 5.69 Å². The van der Waals surface area contributed by atoms with Crippen molar-refractivity contribution in [3.8, 4) is 17.7 Å². The van der Waals surface area contributed by atoms with Gasteiger partial charge in [0.25, 0.3) is 5.82 Å². The number of nitriles is 1. The van der Waals surface area contributed by atoms with Crippen LogP contribution in [0.3, 0.4) is 0 Å². The van der Waals surface area contributed by atoms with Crippen molar-refractivity contribution < 1.29 is 4.92 Å². The molecule has 0 fully saturated rings. The van der Waals surface area contributed by atoms with E-state index < -0.39 is 4.92 Å². The van der Waals surface area contributed by atoms with Gasteiger partial charge < -0.3 is 10.1 Å². The summed E-state index contributed by atoms with van der Waals surface area (Å²) in [6.45, 7) is 0. The number of hydrogen-bond acceptors (Lipinski definition) is 7. The lowest BCUT2D eigenvalue weighted by atomic mass is 10.4. The third kappa shape index (κ3) is 1.57. The molecule has 20 heavy (non-hydrogen) atoms. The van der Waals surface area contributed by atoms with Crippen molar-refractivity contribution in [1.29, 1.82) is 5.26 Å². The highest BCUT2D eigenvalue weighted by molar-refractivity contribution is 5.53. The third-order valence-corrected chi connectivity index (χ3v) is 2.73. The van der Waals surface area contributed by atoms with Crippen LogP contribution in [0, 0.1) is 21.4 Å². The summed E-state index contributed by atoms with van der Waals surface area (Å²) in [5.74, 6) is 0.299. The molecule has 0 radical (unpaired) electrons. The summed E-state index contributed by atoms with van der Waals surface area (Å²) < 4.78 is 2.60. The van der Waals surface area contributed by atoms with Crippen molar-refractivity contribution >= 4 is 11.5 Å². The molecule has 0 aliphatic carbocycles. The fourth-order valence-electron chi connectivity index (χ4n) is 1.77. The summed E-state index contributed by atoms with van der Waals surface area (Å²) in [6, 6.07) is 4.99. The highest BCUT2D eigenvalue weighted by Crippen LogP contribution is 2.20. The Morgan fingerprint density at radius 3 is 2.80 bits per heavy atom. The van der Waals surface area contributed by atoms with E-state index >= 15 is 0 Å². The molecule has 0 unspecified atom stereocenters. The van der Waals surface area contributed by atoms with E-state index in [1.54, 1.807) is 6.07 Å². The summed E-state index contributed by atoms with van der Waals surface area (Å²) in [5.41, 5.74) is 0.604. The van der Waals surface area contributed by atoms with Crippen LogP contribution in [0.5, 0.6) is 0 Å². The van der Waals surface area contributed by atoms with Crippen LogP contribution >= 0.6 is 0 Å². The molecule has 0 aliphatic heterocycles. The summed E-state index contributed by atoms with van der Waals surface area (Å²) in [6.07, 6.45) is 1.13. The van der Waals surface area contributed by atoms with Crippen LogP contribution in [-0.4, -0.2) is 34.3 Å². The number of hydrogen-bond donors (Lipinski definition) is 0. The zero-order valence-corrected chi connectivity index (χ0v) is 10.1. The number of imidazole rings is 1. The first kappa shape index (κ1) is 11.7. The van der Waals surface area contributed by atoms with Crippen LogP contribution in [0.25, 0.3) is 17.3 Å². The van der Waals surface area contributed by atoms with Crippen molar-refractivity contribution in [1.82, 2.24) is 29.4 Å². The minimum atomic E-state index is -0.548. The van der Waals surface area contributed by atoms with E-state index in [2.05, 4.69) is 20.3 Å². The van der Waals surface area contributed by atoms with Crippen molar-refractivity contribution in [3.63, 3.8) is 0 Å². The van der Waals surface area contributed by atoms with Gasteiger partial charge in [-0.2, -0.15) is 14.9 Å². The molecular weight excluding hydrogens is 264 g/mol. The molecule has 3 rings (SSSR count). The highest BCUT2D eigenvalue weighted by Gasteiger charge is 2.23. The number of nitrogens with zero attached hydrogens (tertiary/aromatic N) is 8. The number of nitro groups is 1. The second-order valence-corrected chi connectivity index (χ2v) is 3.88. The van der Waals surface area contributed by atoms with Crippen LogP contribution < -0.4 is 0 Å². The molecule has 0 atom stereocenters. The number of rotatable bonds is 2. The summed E-state index contributed by atoms with van der Waals surface area (Å²) >= 11 is 0. The molecule has 10 nitrogen and oxygen atoms in total. The van der Waals surface area contributed by atoms with Crippen LogP contribution in [0.15, 0.2) is 18.3 Å². The molecule has 0 saturated heterocycles. The van der Waals surface area contributed by atoms with Crippen molar-refractivity contribution in [2.75, 3.05) is 0 Å². The minimum absolute atomic E-state index is 0.173. The molecule has 0 spiro atoms. The summed E-state index contributed by atoms with van der Waals surface area (Å²) in [7, 11) is 1.50. The van der Waals surface area contributed by atoms with Crippen molar-refractivity contribution in [2.24, 2.45) is 7.05 Å². The van der Waals surface area contributed by atoms with Gasteiger partial charge in [-0.05, 0) is 17.1 Å². The first-order valence-corrected chi connectivity index (χ1v) is 5.41. The molecule has 98 valence electrons. The SMILES string of the molecule is Cn1c([N+](=O)[O-])cnc1-c1nnc2ccc(C#N)nn12. The van der Waals surface area contributed by atoms with Crippen LogP contribution in [0.4, 0.5) is 5.82 Å². The van der Waals surface area contributed by atoms with Gasteiger partial charge in [0.2, 0.25) is 5.82 Å². The normalized spacial score (nSPS) is 10.6. The minimum Gasteiger partial charge on any atom is -0.358 e. The Balaban J connectivity index is 2.25. The lowest BCUT2D eigenvalue weighted by Gasteiger charge is -1.97. The zero-order chi connectivity index (χ0) is 14.3. The Morgan fingerprint density at radius 2 is 2.15 bits per heavy atom. The van der Waals surface area contributed by atoms with Gasteiger partial charge in [-0.3, -0.25) is 0 Å². The van der Waals surface area contributed by atoms with Gasteiger partial charge >= 0.3 is 5.82 Å². The topological polar surface area (TPSA) is 128 Å². The molecule has 0 bridgehead atoms. The Kier molecular flexibility index (Phi) is 2.40. The molecule has 0 amide bonds. The van der Waals surface area contributed by atoms with Crippen LogP contribution in [-0.2, 0) is 7.05 Å². The smallest absolute Gasteiger partial charge is 0.343 e. The lowest BCUT2D eigenvalue weighted by molar-refractivity contribution is -0.391. The van der Waals surface area contributed by atoms with E-state index in [9.17, 15) is 10.1 Å². The first-order valence-electron chi connectivity index (χ1n) is 5.41. The average Bonchev–Trinajstić information content (AvgIpc) is 3.01. The van der Waals surface area contributed by atoms with Gasteiger partial charge in [0, 0.05) is 0 Å². The molecule has 0 N–H and O–H groups in total. The predicted molar refractivity (Wildman–Crippen MR) is 64.4 cm³/mol. The highest BCUT2D eigenvalue weighted by atomic mass is 16.6. The van der Waals surface area contributed by atoms with Gasteiger partial charge in [0.05, 0.1) is 7.05 Å². The predicted octanol–water partition coefficient (Wildman–Crippen LogP) is 0.305. The van der Waals surface area contributed by atoms with Crippen molar-refractivity contribution in [2.45, 2.75) is 0 Å². The summed E-state index contributed by atoms with van der Waals surface area (Å²) in [5, 5.41) is 31.5. The van der Waals surface area contributed by atoms with E-state index in [-0.39, 0.29) is 23.2 Å². The molecular formula is C10H6N8O2. The van der Waals surface area contributed by atoms with Crippen LogP contribution in [0.2, 0.25) is 0 Å². The Hall–Kier alpha value is -3.35. The van der Waals surface area contributed by atoms with E-state index in [1.165, 1.54) is 22.2 Å². The summed E-state index contributed by atoms with van der Waals surface area (Å²) in [4.78, 5) is 14.2. The van der Waals surface area contributed by atoms with E-state index in [0.717, 1.165) is 6.20 Å². The maximum absolute atomic E-state index is 10.8. The third-order valence-electron chi connectivity index (χ3n) is 2.73. The van der Waals surface area contributed by atoms with Gasteiger partial charge in [-0.1, -0.05) is 0 Å². The van der Waals surface area contributed by atoms with Gasteiger partial charge in [0.1, 0.15) is 12.3 Å². The fraction of sp³-hybridized carbons (Fsp3) is 0.100. The van der Waals surface area contributed by atoms with Gasteiger partial charge in [-0.15, -0.1) is 10.2 Å². The van der Waals surface area contributed by atoms with E-state index in [4.69, 9.17) is 5.26 Å². The average molecular weight is 270 g/mol. The quantitative estimate of drug-likeness (QED) is 0.484. The molecule has 0 saturated carbocycles. The Morgan fingerprint density at radius 1 is 1.35 bits per heavy atom. The van der Waals surface area contributed by atoms with E-state index in [1.807, 2.05) is 6.07 Å². The lowest BCUT2D eigenvalue weighted by Crippen LogP contribution is -2.03. The Bertz CT molecular complexity index is 871. The maximum Gasteiger partial charge on any atom is 0.343 e. The molecule has 0 aromatic carbocycles. The number of fused-ring (bicyclic) bond motifs is 1. The standard InChI is InChI=1S/C10H6N8O2/c1-16-8(18(19)20)5-12-9(16)10-14-13-7-3-2-6(4-11)15-17(7)10/h2-3,5H,1H3.